The van der Waals surface area contributed by atoms with Gasteiger partial charge in [0.2, 0.25) is 0 Å². The maximum atomic E-state index is 12.1. The Kier molecular flexibility index (Phi) is 4.49. The largest absolute Gasteiger partial charge is 0.496 e. The van der Waals surface area contributed by atoms with E-state index in [2.05, 4.69) is 9.97 Å². The van der Waals surface area contributed by atoms with Gasteiger partial charge in [-0.25, -0.2) is 4.98 Å². The van der Waals surface area contributed by atoms with Crippen LogP contribution in [0.4, 0.5) is 0 Å². The number of pyridine rings is 1. The maximum absolute atomic E-state index is 12.1. The molecular formula is C15H18N2O2S. The fourth-order valence-corrected chi connectivity index (χ4v) is 2.95. The summed E-state index contributed by atoms with van der Waals surface area (Å²) < 4.78 is 5.36. The fourth-order valence-electron chi connectivity index (χ4n) is 2.15. The van der Waals surface area contributed by atoms with Crippen LogP contribution in [0.3, 0.4) is 0 Å². The van der Waals surface area contributed by atoms with E-state index in [1.165, 1.54) is 11.3 Å². The third kappa shape index (κ3) is 3.22. The number of rotatable bonds is 5. The maximum Gasteiger partial charge on any atom is 0.145 e. The number of thiazole rings is 1. The van der Waals surface area contributed by atoms with Crippen molar-refractivity contribution in [1.82, 2.24) is 9.97 Å². The predicted molar refractivity (Wildman–Crippen MR) is 79.5 cm³/mol. The molecule has 0 spiro atoms. The van der Waals surface area contributed by atoms with Crippen molar-refractivity contribution in [3.63, 3.8) is 0 Å². The van der Waals surface area contributed by atoms with E-state index in [0.717, 1.165) is 33.3 Å². The van der Waals surface area contributed by atoms with E-state index >= 15 is 0 Å². The third-order valence-corrected chi connectivity index (χ3v) is 4.10. The molecule has 0 fully saturated rings. The number of ketones is 1. The molecular weight excluding hydrogens is 272 g/mol. The molecule has 2 aromatic rings. The summed E-state index contributed by atoms with van der Waals surface area (Å²) in [6, 6.07) is 0. The van der Waals surface area contributed by atoms with Crippen molar-refractivity contribution in [2.24, 2.45) is 0 Å². The van der Waals surface area contributed by atoms with Crippen molar-refractivity contribution in [3.05, 3.63) is 39.1 Å². The summed E-state index contributed by atoms with van der Waals surface area (Å²) in [6.45, 7) is 5.82. The molecule has 2 heterocycles. The lowest BCUT2D eigenvalue weighted by Gasteiger charge is -2.11. The molecule has 0 bridgehead atoms. The van der Waals surface area contributed by atoms with Crippen molar-refractivity contribution in [1.29, 1.82) is 0 Å². The highest BCUT2D eigenvalue weighted by Crippen LogP contribution is 2.24. The molecule has 0 saturated carbocycles. The molecule has 0 aliphatic rings. The molecule has 20 heavy (non-hydrogen) atoms. The monoisotopic (exact) mass is 290 g/mol. The molecule has 0 radical (unpaired) electrons. The normalized spacial score (nSPS) is 10.6. The van der Waals surface area contributed by atoms with Gasteiger partial charge in [0, 0.05) is 34.8 Å². The second-order valence-corrected chi connectivity index (χ2v) is 5.76. The van der Waals surface area contributed by atoms with Gasteiger partial charge in [0.15, 0.2) is 0 Å². The first-order valence-electron chi connectivity index (χ1n) is 6.43. The van der Waals surface area contributed by atoms with Crippen molar-refractivity contribution in [2.45, 2.75) is 33.6 Å². The highest BCUT2D eigenvalue weighted by Gasteiger charge is 2.14. The highest BCUT2D eigenvalue weighted by atomic mass is 32.1. The van der Waals surface area contributed by atoms with E-state index in [1.807, 2.05) is 26.2 Å². The number of hydrogen-bond donors (Lipinski definition) is 0. The molecule has 0 amide bonds. The van der Waals surface area contributed by atoms with Crippen LogP contribution in [0.5, 0.6) is 5.75 Å². The lowest BCUT2D eigenvalue weighted by molar-refractivity contribution is -0.117. The Labute approximate surface area is 122 Å². The zero-order valence-corrected chi connectivity index (χ0v) is 13.0. The van der Waals surface area contributed by atoms with Gasteiger partial charge < -0.3 is 4.74 Å². The molecule has 0 aliphatic heterocycles. The third-order valence-electron chi connectivity index (χ3n) is 3.13. The quantitative estimate of drug-likeness (QED) is 0.849. The standard InChI is InChI=1S/C15H18N2O2S/c1-9-7-16-13(11(3)15(9)19-4)5-12(18)6-14-17-10(2)8-20-14/h7-8H,5-6H2,1-4H3. The van der Waals surface area contributed by atoms with E-state index in [0.29, 0.717) is 12.8 Å². The zero-order valence-electron chi connectivity index (χ0n) is 12.2. The fraction of sp³-hybridized carbons (Fsp3) is 0.400. The Morgan fingerprint density at radius 1 is 1.30 bits per heavy atom. The van der Waals surface area contributed by atoms with Crippen molar-refractivity contribution < 1.29 is 9.53 Å². The van der Waals surface area contributed by atoms with Crippen LogP contribution in [0, 0.1) is 20.8 Å². The van der Waals surface area contributed by atoms with E-state index in [1.54, 1.807) is 13.3 Å². The van der Waals surface area contributed by atoms with Crippen molar-refractivity contribution in [2.75, 3.05) is 7.11 Å². The minimum atomic E-state index is 0.126. The summed E-state index contributed by atoms with van der Waals surface area (Å²) in [6.07, 6.45) is 2.44. The van der Waals surface area contributed by atoms with E-state index in [9.17, 15) is 4.79 Å². The van der Waals surface area contributed by atoms with Crippen molar-refractivity contribution in [3.8, 4) is 5.75 Å². The molecule has 2 rings (SSSR count). The van der Waals surface area contributed by atoms with Gasteiger partial charge in [-0.3, -0.25) is 9.78 Å². The van der Waals surface area contributed by atoms with Gasteiger partial charge in [-0.1, -0.05) is 0 Å². The Bertz CT molecular complexity index is 635. The van der Waals surface area contributed by atoms with Gasteiger partial charge in [0.05, 0.1) is 19.2 Å². The van der Waals surface area contributed by atoms with Crippen LogP contribution in [-0.4, -0.2) is 22.9 Å². The number of Topliss-reactive ketones (excluding diaryl/α,β-unsaturated/α-hetero) is 1. The number of ether oxygens (including phenoxy) is 1. The van der Waals surface area contributed by atoms with Crippen LogP contribution in [-0.2, 0) is 17.6 Å². The molecule has 0 unspecified atom stereocenters. The highest BCUT2D eigenvalue weighted by molar-refractivity contribution is 7.09. The first-order chi connectivity index (χ1) is 9.51. The average molecular weight is 290 g/mol. The topological polar surface area (TPSA) is 52.1 Å². The van der Waals surface area contributed by atoms with Crippen molar-refractivity contribution >= 4 is 17.1 Å². The lowest BCUT2D eigenvalue weighted by Crippen LogP contribution is -2.10. The minimum absolute atomic E-state index is 0.126. The molecule has 5 heteroatoms. The van der Waals surface area contributed by atoms with Crippen LogP contribution in [0.15, 0.2) is 11.6 Å². The predicted octanol–water partition coefficient (Wildman–Crippen LogP) is 2.83. The summed E-state index contributed by atoms with van der Waals surface area (Å²) in [5, 5.41) is 2.82. The van der Waals surface area contributed by atoms with Gasteiger partial charge in [-0.05, 0) is 20.8 Å². The number of carbonyl (C=O) groups excluding carboxylic acids is 1. The van der Waals surface area contributed by atoms with Crippen LogP contribution in [0.2, 0.25) is 0 Å². The number of aromatic nitrogens is 2. The number of nitrogens with zero attached hydrogens (tertiary/aromatic N) is 2. The molecule has 0 N–H and O–H groups in total. The first-order valence-corrected chi connectivity index (χ1v) is 7.31. The first kappa shape index (κ1) is 14.7. The molecule has 0 aliphatic carbocycles. The van der Waals surface area contributed by atoms with E-state index < -0.39 is 0 Å². The second-order valence-electron chi connectivity index (χ2n) is 4.82. The minimum Gasteiger partial charge on any atom is -0.496 e. The second kappa shape index (κ2) is 6.13. The number of hydrogen-bond acceptors (Lipinski definition) is 5. The Hall–Kier alpha value is -1.75. The smallest absolute Gasteiger partial charge is 0.145 e. The Balaban J connectivity index is 2.12. The summed E-state index contributed by atoms with van der Waals surface area (Å²) in [5.74, 6) is 0.939. The number of carbonyl (C=O) groups is 1. The molecule has 0 aromatic carbocycles. The van der Waals surface area contributed by atoms with E-state index in [4.69, 9.17) is 4.74 Å². The molecule has 2 aromatic heterocycles. The van der Waals surface area contributed by atoms with Crippen LogP contribution in [0.25, 0.3) is 0 Å². The summed E-state index contributed by atoms with van der Waals surface area (Å²) in [4.78, 5) is 20.8. The lowest BCUT2D eigenvalue weighted by atomic mass is 10.1. The number of aryl methyl sites for hydroxylation is 2. The Morgan fingerprint density at radius 2 is 2.05 bits per heavy atom. The van der Waals surface area contributed by atoms with E-state index in [-0.39, 0.29) is 5.78 Å². The van der Waals surface area contributed by atoms with Gasteiger partial charge in [-0.15, -0.1) is 11.3 Å². The number of methoxy groups -OCH3 is 1. The zero-order chi connectivity index (χ0) is 14.7. The summed E-state index contributed by atoms with van der Waals surface area (Å²) >= 11 is 1.53. The van der Waals surface area contributed by atoms with Gasteiger partial charge in [-0.2, -0.15) is 0 Å². The summed E-state index contributed by atoms with van der Waals surface area (Å²) in [5.41, 5.74) is 3.67. The molecule has 4 nitrogen and oxygen atoms in total. The average Bonchev–Trinajstić information content (AvgIpc) is 2.79. The van der Waals surface area contributed by atoms with Gasteiger partial charge >= 0.3 is 0 Å². The molecule has 106 valence electrons. The Morgan fingerprint density at radius 3 is 2.65 bits per heavy atom. The van der Waals surface area contributed by atoms with Gasteiger partial charge in [0.1, 0.15) is 16.5 Å². The molecule has 0 atom stereocenters. The van der Waals surface area contributed by atoms with Crippen LogP contribution >= 0.6 is 11.3 Å². The van der Waals surface area contributed by atoms with Crippen LogP contribution in [0.1, 0.15) is 27.5 Å². The SMILES string of the molecule is COc1c(C)cnc(CC(=O)Cc2nc(C)cs2)c1C. The summed E-state index contributed by atoms with van der Waals surface area (Å²) in [7, 11) is 1.64. The molecule has 0 saturated heterocycles. The van der Waals surface area contributed by atoms with Crippen LogP contribution < -0.4 is 4.74 Å². The van der Waals surface area contributed by atoms with Gasteiger partial charge in [0.25, 0.3) is 0 Å².